The Morgan fingerprint density at radius 3 is 2.07 bits per heavy atom. The molecule has 0 N–H and O–H groups in total. The number of rotatable bonds is 7. The topological polar surface area (TPSA) is 48.0 Å². The van der Waals surface area contributed by atoms with Crippen LogP contribution in [0.4, 0.5) is 5.69 Å². The van der Waals surface area contributed by atoms with Crippen LogP contribution < -0.4 is 19.1 Å². The number of β-lactam (4-membered cyclic amide) rings is 1. The van der Waals surface area contributed by atoms with Crippen LogP contribution in [0, 0.1) is 5.92 Å². The van der Waals surface area contributed by atoms with Gasteiger partial charge in [0.1, 0.15) is 0 Å². The molecule has 1 saturated heterocycles. The SMILES string of the molecule is C=CC1C(=O)N(c2cc(OC)c(OC)c(OC)c2)C1c1ccc(SC)cc1. The molecule has 1 aliphatic rings. The zero-order chi connectivity index (χ0) is 19.6. The van der Waals surface area contributed by atoms with Crippen LogP contribution in [-0.2, 0) is 4.79 Å². The minimum Gasteiger partial charge on any atom is -0.493 e. The Morgan fingerprint density at radius 2 is 1.63 bits per heavy atom. The number of thioether (sulfide) groups is 1. The van der Waals surface area contributed by atoms with E-state index in [1.54, 1.807) is 56.2 Å². The van der Waals surface area contributed by atoms with E-state index < -0.39 is 0 Å². The van der Waals surface area contributed by atoms with Crippen molar-refractivity contribution in [2.75, 3.05) is 32.5 Å². The quantitative estimate of drug-likeness (QED) is 0.403. The lowest BCUT2D eigenvalue weighted by molar-refractivity contribution is -0.128. The second-order valence-electron chi connectivity index (χ2n) is 6.07. The molecule has 1 aliphatic heterocycles. The smallest absolute Gasteiger partial charge is 0.236 e. The Hall–Kier alpha value is -2.60. The highest BCUT2D eigenvalue weighted by Crippen LogP contribution is 2.48. The van der Waals surface area contributed by atoms with Gasteiger partial charge in [-0.2, -0.15) is 0 Å². The van der Waals surface area contributed by atoms with Crippen molar-refractivity contribution in [2.24, 2.45) is 5.92 Å². The van der Waals surface area contributed by atoms with Crippen molar-refractivity contribution in [3.8, 4) is 17.2 Å². The molecule has 2 atom stereocenters. The Kier molecular flexibility index (Phi) is 5.65. The highest BCUT2D eigenvalue weighted by Gasteiger charge is 2.47. The molecule has 5 nitrogen and oxygen atoms in total. The van der Waals surface area contributed by atoms with E-state index in [0.29, 0.717) is 22.9 Å². The Morgan fingerprint density at radius 1 is 1.04 bits per heavy atom. The fourth-order valence-corrected chi connectivity index (χ4v) is 3.80. The van der Waals surface area contributed by atoms with Crippen LogP contribution in [0.15, 0.2) is 53.9 Å². The molecule has 2 unspecified atom stereocenters. The monoisotopic (exact) mass is 385 g/mol. The molecule has 2 aromatic rings. The number of hydrogen-bond donors (Lipinski definition) is 0. The average molecular weight is 385 g/mol. The zero-order valence-corrected chi connectivity index (χ0v) is 16.7. The minimum absolute atomic E-state index is 0.00165. The molecule has 0 aliphatic carbocycles. The lowest BCUT2D eigenvalue weighted by Crippen LogP contribution is -2.54. The Bertz CT molecular complexity index is 825. The third kappa shape index (κ3) is 3.25. The maximum atomic E-state index is 12.8. The first-order valence-corrected chi connectivity index (χ1v) is 9.71. The first-order chi connectivity index (χ1) is 13.1. The summed E-state index contributed by atoms with van der Waals surface area (Å²) in [5, 5.41) is 0. The van der Waals surface area contributed by atoms with E-state index in [4.69, 9.17) is 14.2 Å². The van der Waals surface area contributed by atoms with Crippen molar-refractivity contribution in [1.82, 2.24) is 0 Å². The van der Waals surface area contributed by atoms with Gasteiger partial charge >= 0.3 is 0 Å². The van der Waals surface area contributed by atoms with Crippen LogP contribution in [0.2, 0.25) is 0 Å². The van der Waals surface area contributed by atoms with E-state index in [9.17, 15) is 4.79 Å². The molecule has 6 heteroatoms. The van der Waals surface area contributed by atoms with Crippen molar-refractivity contribution in [2.45, 2.75) is 10.9 Å². The van der Waals surface area contributed by atoms with Gasteiger partial charge in [0, 0.05) is 17.0 Å². The average Bonchev–Trinajstić information content (AvgIpc) is 2.71. The number of methoxy groups -OCH3 is 3. The summed E-state index contributed by atoms with van der Waals surface area (Å²) in [7, 11) is 4.67. The van der Waals surface area contributed by atoms with Gasteiger partial charge in [-0.15, -0.1) is 18.3 Å². The van der Waals surface area contributed by atoms with E-state index >= 15 is 0 Å². The molecule has 0 radical (unpaired) electrons. The van der Waals surface area contributed by atoms with E-state index in [-0.39, 0.29) is 17.9 Å². The fraction of sp³-hybridized carbons (Fsp3) is 0.286. The van der Waals surface area contributed by atoms with Crippen LogP contribution in [0.25, 0.3) is 0 Å². The van der Waals surface area contributed by atoms with Crippen molar-refractivity contribution < 1.29 is 19.0 Å². The molecular weight excluding hydrogens is 362 g/mol. The second-order valence-corrected chi connectivity index (χ2v) is 6.95. The summed E-state index contributed by atoms with van der Waals surface area (Å²) in [6.45, 7) is 3.84. The number of hydrogen-bond acceptors (Lipinski definition) is 5. The van der Waals surface area contributed by atoms with Crippen LogP contribution in [0.5, 0.6) is 17.2 Å². The number of amides is 1. The third-order valence-corrected chi connectivity index (χ3v) is 5.52. The van der Waals surface area contributed by atoms with Gasteiger partial charge in [-0.05, 0) is 24.0 Å². The predicted octanol–water partition coefficient (Wildman–Crippen LogP) is 4.32. The van der Waals surface area contributed by atoms with Gasteiger partial charge in [-0.1, -0.05) is 18.2 Å². The van der Waals surface area contributed by atoms with Crippen molar-refractivity contribution in [1.29, 1.82) is 0 Å². The lowest BCUT2D eigenvalue weighted by atomic mass is 9.82. The second kappa shape index (κ2) is 7.96. The first-order valence-electron chi connectivity index (χ1n) is 8.49. The molecule has 0 bridgehead atoms. The molecule has 142 valence electrons. The van der Waals surface area contributed by atoms with E-state index in [0.717, 1.165) is 5.56 Å². The molecule has 0 aromatic heterocycles. The molecule has 27 heavy (non-hydrogen) atoms. The van der Waals surface area contributed by atoms with Crippen LogP contribution in [-0.4, -0.2) is 33.5 Å². The number of carbonyl (C=O) groups is 1. The molecule has 1 fully saturated rings. The van der Waals surface area contributed by atoms with E-state index in [1.807, 2.05) is 6.26 Å². The lowest BCUT2D eigenvalue weighted by Gasteiger charge is -2.46. The summed E-state index contributed by atoms with van der Waals surface area (Å²) in [6, 6.07) is 11.7. The van der Waals surface area contributed by atoms with Gasteiger partial charge in [0.2, 0.25) is 11.7 Å². The number of benzene rings is 2. The van der Waals surface area contributed by atoms with Crippen LogP contribution in [0.3, 0.4) is 0 Å². The van der Waals surface area contributed by atoms with Gasteiger partial charge in [0.15, 0.2) is 11.5 Å². The number of nitrogens with zero attached hydrogens (tertiary/aromatic N) is 1. The number of ether oxygens (including phenoxy) is 3. The summed E-state index contributed by atoms with van der Waals surface area (Å²) < 4.78 is 16.2. The van der Waals surface area contributed by atoms with Crippen molar-refractivity contribution in [3.63, 3.8) is 0 Å². The summed E-state index contributed by atoms with van der Waals surface area (Å²) in [6.07, 6.45) is 3.75. The fourth-order valence-electron chi connectivity index (χ4n) is 3.39. The van der Waals surface area contributed by atoms with Crippen LogP contribution >= 0.6 is 11.8 Å². The first kappa shape index (κ1) is 19.2. The normalized spacial score (nSPS) is 18.7. The minimum atomic E-state index is -0.260. The molecule has 3 rings (SSSR count). The van der Waals surface area contributed by atoms with Gasteiger partial charge in [-0.25, -0.2) is 0 Å². The van der Waals surface area contributed by atoms with E-state index in [2.05, 4.69) is 30.8 Å². The predicted molar refractivity (Wildman–Crippen MR) is 108 cm³/mol. The van der Waals surface area contributed by atoms with Gasteiger partial charge < -0.3 is 19.1 Å². The summed E-state index contributed by atoms with van der Waals surface area (Å²) >= 11 is 1.69. The van der Waals surface area contributed by atoms with E-state index in [1.165, 1.54) is 4.90 Å². The van der Waals surface area contributed by atoms with Crippen molar-refractivity contribution in [3.05, 3.63) is 54.6 Å². The summed E-state index contributed by atoms with van der Waals surface area (Å²) in [5.41, 5.74) is 1.76. The molecule has 2 aromatic carbocycles. The highest BCUT2D eigenvalue weighted by molar-refractivity contribution is 7.98. The molecule has 1 heterocycles. The van der Waals surface area contributed by atoms with Gasteiger partial charge in [-0.3, -0.25) is 4.79 Å². The summed E-state index contributed by atoms with van der Waals surface area (Å²) in [4.78, 5) is 15.7. The number of anilines is 1. The Balaban J connectivity index is 2.05. The summed E-state index contributed by atoms with van der Waals surface area (Å²) in [5.74, 6) is 1.26. The molecule has 0 spiro atoms. The molecule has 0 saturated carbocycles. The standard InChI is InChI=1S/C21H23NO4S/c1-6-16-19(13-7-9-15(27-5)10-8-13)22(21(16)23)14-11-17(24-2)20(26-4)18(12-14)25-3/h6-12,16,19H,1H2,2-5H3. The van der Waals surface area contributed by atoms with Gasteiger partial charge in [0.05, 0.1) is 39.0 Å². The molecular formula is C21H23NO4S. The maximum absolute atomic E-state index is 12.8. The van der Waals surface area contributed by atoms with Gasteiger partial charge in [0.25, 0.3) is 0 Å². The highest BCUT2D eigenvalue weighted by atomic mass is 32.2. The van der Waals surface area contributed by atoms with Crippen LogP contribution in [0.1, 0.15) is 11.6 Å². The largest absolute Gasteiger partial charge is 0.493 e. The molecule has 1 amide bonds. The zero-order valence-electron chi connectivity index (χ0n) is 15.9. The Labute approximate surface area is 163 Å². The van der Waals surface area contributed by atoms with Crippen molar-refractivity contribution >= 4 is 23.4 Å². The number of carbonyl (C=O) groups excluding carboxylic acids is 1. The third-order valence-electron chi connectivity index (χ3n) is 4.78. The maximum Gasteiger partial charge on any atom is 0.236 e.